The topological polar surface area (TPSA) is 54.0 Å². The normalized spacial score (nSPS) is 15.8. The third kappa shape index (κ3) is 5.61. The zero-order chi connectivity index (χ0) is 20.6. The number of hydrogen-bond donors (Lipinski definition) is 1. The van der Waals surface area contributed by atoms with Crippen LogP contribution in [0.3, 0.4) is 0 Å². The summed E-state index contributed by atoms with van der Waals surface area (Å²) in [6, 6.07) is 15.5. The van der Waals surface area contributed by atoms with Gasteiger partial charge < -0.3 is 10.7 Å². The van der Waals surface area contributed by atoms with E-state index < -0.39 is 0 Å². The van der Waals surface area contributed by atoms with Gasteiger partial charge in [0.1, 0.15) is 5.82 Å². The molecule has 3 rings (SSSR count). The van der Waals surface area contributed by atoms with Crippen LogP contribution in [0.2, 0.25) is 0 Å². The van der Waals surface area contributed by atoms with E-state index in [0.717, 1.165) is 50.2 Å². The van der Waals surface area contributed by atoms with E-state index >= 15 is 0 Å². The lowest BCUT2D eigenvalue weighted by molar-refractivity contribution is 0.264. The van der Waals surface area contributed by atoms with Crippen molar-refractivity contribution in [3.63, 3.8) is 0 Å². The highest BCUT2D eigenvalue weighted by atomic mass is 19.1. The van der Waals surface area contributed by atoms with Gasteiger partial charge in [-0.05, 0) is 48.6 Å². The molecule has 1 heterocycles. The van der Waals surface area contributed by atoms with Gasteiger partial charge in [-0.1, -0.05) is 47.5 Å². The van der Waals surface area contributed by atoms with Gasteiger partial charge >= 0.3 is 0 Å². The average Bonchev–Trinajstić information content (AvgIpc) is 2.75. The van der Waals surface area contributed by atoms with E-state index in [2.05, 4.69) is 46.2 Å². The number of benzene rings is 2. The zero-order valence-electron chi connectivity index (χ0n) is 17.2. The van der Waals surface area contributed by atoms with Gasteiger partial charge in [0.2, 0.25) is 0 Å². The number of aryl methyl sites for hydroxylation is 1. The van der Waals surface area contributed by atoms with Gasteiger partial charge in [-0.25, -0.2) is 4.39 Å². The SMILES string of the molecule is CN=CC(CCN1CCC(=C(c2ccc(C)cc2)c2ccc(F)cc2)CC1)=NN. The molecule has 0 aromatic heterocycles. The van der Waals surface area contributed by atoms with E-state index in [1.807, 2.05) is 12.1 Å². The summed E-state index contributed by atoms with van der Waals surface area (Å²) in [6.45, 7) is 5.00. The number of rotatable bonds is 6. The molecule has 0 bridgehead atoms. The van der Waals surface area contributed by atoms with Crippen molar-refractivity contribution < 1.29 is 4.39 Å². The molecule has 1 aliphatic rings. The lowest BCUT2D eigenvalue weighted by atomic mass is 9.88. The summed E-state index contributed by atoms with van der Waals surface area (Å²) in [5.74, 6) is 5.23. The molecule has 1 aliphatic heterocycles. The number of piperidine rings is 1. The van der Waals surface area contributed by atoms with Crippen LogP contribution in [0.5, 0.6) is 0 Å². The van der Waals surface area contributed by atoms with E-state index in [1.165, 1.54) is 22.3 Å². The van der Waals surface area contributed by atoms with Crippen LogP contribution in [0.25, 0.3) is 5.57 Å². The first-order valence-electron chi connectivity index (χ1n) is 10.1. The van der Waals surface area contributed by atoms with Crippen LogP contribution in [-0.2, 0) is 0 Å². The molecule has 2 aromatic rings. The first-order valence-corrected chi connectivity index (χ1v) is 10.1. The zero-order valence-corrected chi connectivity index (χ0v) is 17.2. The van der Waals surface area contributed by atoms with Gasteiger partial charge in [-0.15, -0.1) is 0 Å². The molecule has 0 atom stereocenters. The molecule has 0 amide bonds. The predicted octanol–water partition coefficient (Wildman–Crippen LogP) is 4.44. The van der Waals surface area contributed by atoms with Crippen molar-refractivity contribution in [1.29, 1.82) is 0 Å². The Kier molecular flexibility index (Phi) is 7.30. The second-order valence-electron chi connectivity index (χ2n) is 7.45. The lowest BCUT2D eigenvalue weighted by Gasteiger charge is -2.30. The summed E-state index contributed by atoms with van der Waals surface area (Å²) < 4.78 is 13.5. The van der Waals surface area contributed by atoms with Crippen LogP contribution < -0.4 is 5.84 Å². The van der Waals surface area contributed by atoms with E-state index in [9.17, 15) is 4.39 Å². The van der Waals surface area contributed by atoms with Crippen LogP contribution in [0, 0.1) is 12.7 Å². The number of halogens is 1. The Morgan fingerprint density at radius 1 is 1.03 bits per heavy atom. The summed E-state index contributed by atoms with van der Waals surface area (Å²) >= 11 is 0. The molecule has 0 radical (unpaired) electrons. The Morgan fingerprint density at radius 2 is 1.62 bits per heavy atom. The Balaban J connectivity index is 1.79. The molecular formula is C24H29FN4. The van der Waals surface area contributed by atoms with E-state index in [1.54, 1.807) is 25.4 Å². The maximum Gasteiger partial charge on any atom is 0.123 e. The molecule has 1 fully saturated rings. The lowest BCUT2D eigenvalue weighted by Crippen LogP contribution is -2.33. The molecule has 0 spiro atoms. The molecule has 5 heteroatoms. The van der Waals surface area contributed by atoms with Gasteiger partial charge in [0, 0.05) is 39.3 Å². The average molecular weight is 393 g/mol. The third-order valence-electron chi connectivity index (χ3n) is 5.41. The van der Waals surface area contributed by atoms with E-state index in [0.29, 0.717) is 0 Å². The minimum atomic E-state index is -0.204. The van der Waals surface area contributed by atoms with Crippen molar-refractivity contribution in [1.82, 2.24) is 4.90 Å². The fraction of sp³-hybridized carbons (Fsp3) is 0.333. The van der Waals surface area contributed by atoms with Crippen LogP contribution in [0.1, 0.15) is 36.0 Å². The van der Waals surface area contributed by atoms with Crippen molar-refractivity contribution in [3.05, 3.63) is 76.6 Å². The summed E-state index contributed by atoms with van der Waals surface area (Å²) in [4.78, 5) is 6.44. The van der Waals surface area contributed by atoms with Crippen molar-refractivity contribution >= 4 is 17.5 Å². The number of likely N-dealkylation sites (tertiary alicyclic amines) is 1. The summed E-state index contributed by atoms with van der Waals surface area (Å²) in [5, 5.41) is 3.80. The molecular weight excluding hydrogens is 363 g/mol. The van der Waals surface area contributed by atoms with E-state index in [4.69, 9.17) is 5.84 Å². The largest absolute Gasteiger partial charge is 0.323 e. The highest BCUT2D eigenvalue weighted by molar-refractivity contribution is 6.30. The molecule has 2 aromatic carbocycles. The molecule has 0 aliphatic carbocycles. The molecule has 1 saturated heterocycles. The van der Waals surface area contributed by atoms with Crippen molar-refractivity contribution in [2.45, 2.75) is 26.2 Å². The minimum Gasteiger partial charge on any atom is -0.323 e. The number of nitrogens with zero attached hydrogens (tertiary/aromatic N) is 3. The second kappa shape index (κ2) is 10.1. The van der Waals surface area contributed by atoms with Crippen LogP contribution in [0.4, 0.5) is 4.39 Å². The quantitative estimate of drug-likeness (QED) is 0.449. The van der Waals surface area contributed by atoms with Gasteiger partial charge in [-0.3, -0.25) is 4.99 Å². The Morgan fingerprint density at radius 3 is 2.17 bits per heavy atom. The van der Waals surface area contributed by atoms with Gasteiger partial charge in [0.05, 0.1) is 5.71 Å². The van der Waals surface area contributed by atoms with Gasteiger partial charge in [-0.2, -0.15) is 5.10 Å². The fourth-order valence-electron chi connectivity index (χ4n) is 3.79. The highest BCUT2D eigenvalue weighted by Crippen LogP contribution is 2.32. The summed E-state index contributed by atoms with van der Waals surface area (Å²) in [7, 11) is 1.73. The molecule has 4 nitrogen and oxygen atoms in total. The number of hydrogen-bond acceptors (Lipinski definition) is 4. The van der Waals surface area contributed by atoms with E-state index in [-0.39, 0.29) is 5.82 Å². The van der Waals surface area contributed by atoms with Crippen LogP contribution in [-0.4, -0.2) is 43.5 Å². The summed E-state index contributed by atoms with van der Waals surface area (Å²) in [6.07, 6.45) is 4.52. The van der Waals surface area contributed by atoms with Crippen LogP contribution in [0.15, 0.2) is 64.2 Å². The molecule has 2 N–H and O–H groups in total. The maximum atomic E-state index is 13.5. The Labute approximate surface area is 172 Å². The Hall–Kier alpha value is -2.79. The fourth-order valence-corrected chi connectivity index (χ4v) is 3.79. The molecule has 0 unspecified atom stereocenters. The number of hydrazone groups is 1. The van der Waals surface area contributed by atoms with Crippen molar-refractivity contribution in [2.24, 2.45) is 15.9 Å². The molecule has 152 valence electrons. The third-order valence-corrected chi connectivity index (χ3v) is 5.41. The van der Waals surface area contributed by atoms with Gasteiger partial charge in [0.25, 0.3) is 0 Å². The first kappa shape index (κ1) is 20.9. The van der Waals surface area contributed by atoms with Crippen molar-refractivity contribution in [3.8, 4) is 0 Å². The smallest absolute Gasteiger partial charge is 0.123 e. The molecule has 0 saturated carbocycles. The van der Waals surface area contributed by atoms with Gasteiger partial charge in [0.15, 0.2) is 0 Å². The predicted molar refractivity (Wildman–Crippen MR) is 120 cm³/mol. The first-order chi connectivity index (χ1) is 14.1. The molecule has 29 heavy (non-hydrogen) atoms. The number of aliphatic imine (C=N–C) groups is 1. The Bertz CT molecular complexity index is 838. The standard InChI is InChI=1S/C24H29FN4/c1-18-3-5-19(6-4-18)24(20-7-9-22(25)10-8-20)21-11-14-29(15-12-21)16-13-23(28-26)17-27-2/h3-10,17H,11-16,26H2,1-2H3. The maximum absolute atomic E-state index is 13.5. The second-order valence-corrected chi connectivity index (χ2v) is 7.45. The highest BCUT2D eigenvalue weighted by Gasteiger charge is 2.19. The number of nitrogens with two attached hydrogens (primary N) is 1. The monoisotopic (exact) mass is 392 g/mol. The van der Waals surface area contributed by atoms with Crippen molar-refractivity contribution in [2.75, 3.05) is 26.7 Å². The van der Waals surface area contributed by atoms with Crippen LogP contribution >= 0.6 is 0 Å². The minimum absolute atomic E-state index is 0.204. The summed E-state index contributed by atoms with van der Waals surface area (Å²) in [5.41, 5.74) is 7.00.